The Kier molecular flexibility index (Phi) is 5.07. The summed E-state index contributed by atoms with van der Waals surface area (Å²) in [4.78, 5) is 27.1. The summed E-state index contributed by atoms with van der Waals surface area (Å²) < 4.78 is 15.8. The molecule has 0 aliphatic carbocycles. The summed E-state index contributed by atoms with van der Waals surface area (Å²) in [5, 5.41) is 5.38. The molecule has 0 aliphatic rings. The van der Waals surface area contributed by atoms with Gasteiger partial charge in [-0.2, -0.15) is 0 Å². The number of carbonyl (C=O) groups is 2. The molecule has 2 amide bonds. The van der Waals surface area contributed by atoms with Gasteiger partial charge in [0.05, 0.1) is 12.0 Å². The third-order valence-corrected chi connectivity index (χ3v) is 3.72. The molecule has 132 valence electrons. The number of halogens is 1. The molecule has 2 aromatic carbocycles. The molecule has 0 saturated carbocycles. The van der Waals surface area contributed by atoms with E-state index in [0.29, 0.717) is 22.5 Å². The lowest BCUT2D eigenvalue weighted by atomic mass is 10.1. The van der Waals surface area contributed by atoms with Crippen molar-refractivity contribution in [3.05, 3.63) is 78.1 Å². The molecule has 6 nitrogen and oxygen atoms in total. The Labute approximate surface area is 149 Å². The molecule has 0 spiro atoms. The first-order valence-corrected chi connectivity index (χ1v) is 7.95. The van der Waals surface area contributed by atoms with Crippen LogP contribution in [-0.4, -0.2) is 21.4 Å². The van der Waals surface area contributed by atoms with Crippen LogP contribution in [0, 0.1) is 5.82 Å². The summed E-state index contributed by atoms with van der Waals surface area (Å²) in [7, 11) is 0. The van der Waals surface area contributed by atoms with Crippen LogP contribution in [0.15, 0.2) is 61.2 Å². The van der Waals surface area contributed by atoms with Gasteiger partial charge in [-0.15, -0.1) is 0 Å². The second kappa shape index (κ2) is 7.60. The molecule has 3 aromatic rings. The van der Waals surface area contributed by atoms with Crippen LogP contribution in [0.3, 0.4) is 0 Å². The summed E-state index contributed by atoms with van der Waals surface area (Å²) in [5.41, 5.74) is 2.11. The van der Waals surface area contributed by atoms with Gasteiger partial charge >= 0.3 is 0 Å². The molecule has 1 aromatic heterocycles. The molecule has 0 saturated heterocycles. The number of nitrogens with zero attached hydrogens (tertiary/aromatic N) is 2. The van der Waals surface area contributed by atoms with Gasteiger partial charge in [0.2, 0.25) is 5.91 Å². The fourth-order valence-electron chi connectivity index (χ4n) is 2.46. The van der Waals surface area contributed by atoms with Crippen LogP contribution >= 0.6 is 0 Å². The van der Waals surface area contributed by atoms with Crippen molar-refractivity contribution in [3.63, 3.8) is 0 Å². The Morgan fingerprint density at radius 3 is 2.54 bits per heavy atom. The summed E-state index contributed by atoms with van der Waals surface area (Å²) >= 11 is 0. The number of amides is 2. The van der Waals surface area contributed by atoms with Gasteiger partial charge in [-0.3, -0.25) is 9.59 Å². The third kappa shape index (κ3) is 4.13. The van der Waals surface area contributed by atoms with E-state index in [1.54, 1.807) is 53.4 Å². The predicted molar refractivity (Wildman–Crippen MR) is 95.4 cm³/mol. The summed E-state index contributed by atoms with van der Waals surface area (Å²) in [6.07, 6.45) is 4.75. The summed E-state index contributed by atoms with van der Waals surface area (Å²) in [6.45, 7) is 1.62. The zero-order valence-corrected chi connectivity index (χ0v) is 14.1. The van der Waals surface area contributed by atoms with Crippen LogP contribution in [0.1, 0.15) is 22.8 Å². The molecule has 0 unspecified atom stereocenters. The highest BCUT2D eigenvalue weighted by atomic mass is 19.1. The summed E-state index contributed by atoms with van der Waals surface area (Å²) in [6, 6.07) is 11.3. The Hall–Kier alpha value is -3.48. The smallest absolute Gasteiger partial charge is 0.251 e. The average Bonchev–Trinajstić information content (AvgIpc) is 3.14. The number of nitrogens with one attached hydrogen (secondary N) is 2. The topological polar surface area (TPSA) is 76.0 Å². The van der Waals surface area contributed by atoms with Crippen molar-refractivity contribution >= 4 is 17.5 Å². The summed E-state index contributed by atoms with van der Waals surface area (Å²) in [5.74, 6) is -0.851. The monoisotopic (exact) mass is 352 g/mol. The maximum absolute atomic E-state index is 14.2. The number of imidazole rings is 1. The molecular weight excluding hydrogens is 335 g/mol. The first-order valence-electron chi connectivity index (χ1n) is 7.95. The van der Waals surface area contributed by atoms with Gasteiger partial charge in [-0.1, -0.05) is 6.07 Å². The predicted octanol–water partition coefficient (Wildman–Crippen LogP) is 2.90. The molecule has 0 aliphatic heterocycles. The molecule has 26 heavy (non-hydrogen) atoms. The minimum absolute atomic E-state index is 0.177. The Balaban J connectivity index is 1.62. The van der Waals surface area contributed by atoms with Crippen molar-refractivity contribution in [2.45, 2.75) is 13.5 Å². The lowest BCUT2D eigenvalue weighted by molar-refractivity contribution is -0.114. The zero-order chi connectivity index (χ0) is 18.5. The Bertz CT molecular complexity index is 921. The highest BCUT2D eigenvalue weighted by molar-refractivity contribution is 5.95. The van der Waals surface area contributed by atoms with E-state index in [4.69, 9.17) is 0 Å². The average molecular weight is 352 g/mol. The number of aromatic nitrogens is 2. The van der Waals surface area contributed by atoms with E-state index >= 15 is 0 Å². The standard InChI is InChI=1S/C19H17FN4O2/c1-13(25)23-16-5-3-15(4-6-16)19(26)22-11-14-2-7-18(17(20)10-14)24-9-8-21-12-24/h2-10,12H,11H2,1H3,(H,22,26)(H,23,25). The Morgan fingerprint density at radius 2 is 1.92 bits per heavy atom. The molecule has 0 fully saturated rings. The lowest BCUT2D eigenvalue weighted by Gasteiger charge is -2.09. The minimum atomic E-state index is -0.394. The van der Waals surface area contributed by atoms with Gasteiger partial charge in [-0.05, 0) is 42.0 Å². The molecule has 0 atom stereocenters. The van der Waals surface area contributed by atoms with Crippen LogP contribution in [0.2, 0.25) is 0 Å². The van der Waals surface area contributed by atoms with E-state index < -0.39 is 5.82 Å². The fourth-order valence-corrected chi connectivity index (χ4v) is 2.46. The van der Waals surface area contributed by atoms with Gasteiger partial charge < -0.3 is 15.2 Å². The molecule has 0 radical (unpaired) electrons. The van der Waals surface area contributed by atoms with E-state index in [2.05, 4.69) is 15.6 Å². The highest BCUT2D eigenvalue weighted by Crippen LogP contribution is 2.15. The van der Waals surface area contributed by atoms with E-state index in [0.717, 1.165) is 0 Å². The first kappa shape index (κ1) is 17.3. The van der Waals surface area contributed by atoms with E-state index in [1.807, 2.05) is 0 Å². The number of rotatable bonds is 5. The van der Waals surface area contributed by atoms with Crippen LogP contribution in [0.25, 0.3) is 5.69 Å². The lowest BCUT2D eigenvalue weighted by Crippen LogP contribution is -2.22. The molecule has 2 N–H and O–H groups in total. The molecule has 7 heteroatoms. The zero-order valence-electron chi connectivity index (χ0n) is 14.1. The van der Waals surface area contributed by atoms with Gasteiger partial charge in [0.1, 0.15) is 5.82 Å². The fraction of sp³-hybridized carbons (Fsp3) is 0.105. The van der Waals surface area contributed by atoms with Crippen molar-refractivity contribution in [1.29, 1.82) is 0 Å². The number of benzene rings is 2. The van der Waals surface area contributed by atoms with Gasteiger partial charge in [0.15, 0.2) is 0 Å². The van der Waals surface area contributed by atoms with Gasteiger partial charge in [-0.25, -0.2) is 9.37 Å². The SMILES string of the molecule is CC(=O)Nc1ccc(C(=O)NCc2ccc(-n3ccnc3)c(F)c2)cc1. The first-order chi connectivity index (χ1) is 12.5. The second-order valence-corrected chi connectivity index (χ2v) is 5.70. The van der Waals surface area contributed by atoms with E-state index in [1.165, 1.54) is 19.3 Å². The minimum Gasteiger partial charge on any atom is -0.348 e. The van der Waals surface area contributed by atoms with Gasteiger partial charge in [0.25, 0.3) is 5.91 Å². The molecule has 1 heterocycles. The third-order valence-electron chi connectivity index (χ3n) is 3.72. The van der Waals surface area contributed by atoms with Crippen LogP contribution in [-0.2, 0) is 11.3 Å². The van der Waals surface area contributed by atoms with E-state index in [9.17, 15) is 14.0 Å². The van der Waals surface area contributed by atoms with Crippen molar-refractivity contribution in [2.75, 3.05) is 5.32 Å². The maximum Gasteiger partial charge on any atom is 0.251 e. The van der Waals surface area contributed by atoms with Crippen molar-refractivity contribution < 1.29 is 14.0 Å². The quantitative estimate of drug-likeness (QED) is 0.741. The van der Waals surface area contributed by atoms with Crippen LogP contribution in [0.5, 0.6) is 0 Å². The highest BCUT2D eigenvalue weighted by Gasteiger charge is 2.08. The largest absolute Gasteiger partial charge is 0.348 e. The van der Waals surface area contributed by atoms with Crippen molar-refractivity contribution in [2.24, 2.45) is 0 Å². The van der Waals surface area contributed by atoms with Crippen LogP contribution in [0.4, 0.5) is 10.1 Å². The molecule has 3 rings (SSSR count). The van der Waals surface area contributed by atoms with Crippen molar-refractivity contribution in [3.8, 4) is 5.69 Å². The second-order valence-electron chi connectivity index (χ2n) is 5.70. The maximum atomic E-state index is 14.2. The van der Waals surface area contributed by atoms with E-state index in [-0.39, 0.29) is 18.4 Å². The van der Waals surface area contributed by atoms with Crippen molar-refractivity contribution in [1.82, 2.24) is 14.9 Å². The normalized spacial score (nSPS) is 10.4. The number of anilines is 1. The molecular formula is C19H17FN4O2. The Morgan fingerprint density at radius 1 is 1.15 bits per heavy atom. The number of carbonyl (C=O) groups excluding carboxylic acids is 2. The van der Waals surface area contributed by atoms with Gasteiger partial charge in [0, 0.05) is 37.1 Å². The number of hydrogen-bond donors (Lipinski definition) is 2. The number of hydrogen-bond acceptors (Lipinski definition) is 3. The van der Waals surface area contributed by atoms with Crippen LogP contribution < -0.4 is 10.6 Å². The molecule has 0 bridgehead atoms.